The highest BCUT2D eigenvalue weighted by atomic mass is 35.5. The monoisotopic (exact) mass is 483 g/mol. The SMILES string of the molecule is O=C(O)[C@@H](c1c[nH]c2ccccc12)N1CCC(=C2c3ccc(Cl)cc3CCc3cccnc32)CC1. The fourth-order valence-electron chi connectivity index (χ4n) is 5.74. The van der Waals surface area contributed by atoms with Gasteiger partial charge < -0.3 is 10.1 Å². The molecule has 4 aromatic rings. The van der Waals surface area contributed by atoms with Crippen LogP contribution in [-0.2, 0) is 17.6 Å². The number of aryl methyl sites for hydroxylation is 2. The van der Waals surface area contributed by atoms with Gasteiger partial charge in [-0.05, 0) is 66.6 Å². The summed E-state index contributed by atoms with van der Waals surface area (Å²) in [7, 11) is 0. The Morgan fingerprint density at radius 2 is 1.80 bits per heavy atom. The lowest BCUT2D eigenvalue weighted by molar-refractivity contribution is -0.143. The van der Waals surface area contributed by atoms with Gasteiger partial charge in [-0.25, -0.2) is 0 Å². The van der Waals surface area contributed by atoms with Gasteiger partial charge >= 0.3 is 5.97 Å². The van der Waals surface area contributed by atoms with Crippen LogP contribution in [0.1, 0.15) is 46.8 Å². The number of aliphatic carboxylic acids is 1. The molecular weight excluding hydrogens is 458 g/mol. The predicted octanol–water partition coefficient (Wildman–Crippen LogP) is 6.04. The molecule has 1 aliphatic heterocycles. The Bertz CT molecular complexity index is 1460. The van der Waals surface area contributed by atoms with Crippen molar-refractivity contribution in [2.24, 2.45) is 0 Å². The number of aromatic amines is 1. The van der Waals surface area contributed by atoms with Crippen molar-refractivity contribution in [2.45, 2.75) is 31.7 Å². The minimum Gasteiger partial charge on any atom is -0.480 e. The molecule has 0 unspecified atom stereocenters. The van der Waals surface area contributed by atoms with Gasteiger partial charge in [0.25, 0.3) is 0 Å². The van der Waals surface area contributed by atoms with Crippen LogP contribution in [0, 0.1) is 0 Å². The molecule has 3 heterocycles. The number of hydrogen-bond donors (Lipinski definition) is 2. The van der Waals surface area contributed by atoms with Crippen LogP contribution < -0.4 is 0 Å². The smallest absolute Gasteiger partial charge is 0.325 e. The fraction of sp³-hybridized carbons (Fsp3) is 0.241. The number of carboxylic acids is 1. The van der Waals surface area contributed by atoms with Gasteiger partial charge in [-0.15, -0.1) is 0 Å². The van der Waals surface area contributed by atoms with Crippen molar-refractivity contribution >= 4 is 34.0 Å². The lowest BCUT2D eigenvalue weighted by Crippen LogP contribution is -2.38. The molecule has 2 N–H and O–H groups in total. The number of nitrogens with one attached hydrogen (secondary N) is 1. The van der Waals surface area contributed by atoms with Crippen molar-refractivity contribution in [3.05, 3.63) is 106 Å². The Labute approximate surface area is 209 Å². The Balaban J connectivity index is 1.37. The van der Waals surface area contributed by atoms with Crippen LogP contribution in [-0.4, -0.2) is 39.0 Å². The lowest BCUT2D eigenvalue weighted by Gasteiger charge is -2.34. The number of hydrogen-bond acceptors (Lipinski definition) is 3. The minimum atomic E-state index is -0.813. The molecule has 1 fully saturated rings. The Hall–Kier alpha value is -3.41. The van der Waals surface area contributed by atoms with Crippen LogP contribution in [0.3, 0.4) is 0 Å². The van der Waals surface area contributed by atoms with E-state index in [0.29, 0.717) is 13.1 Å². The molecule has 6 heteroatoms. The molecular formula is C29H26ClN3O2. The molecule has 0 radical (unpaired) electrons. The number of carboxylic acid groups (broad SMARTS) is 1. The van der Waals surface area contributed by atoms with E-state index in [1.165, 1.54) is 27.8 Å². The van der Waals surface area contributed by atoms with E-state index >= 15 is 0 Å². The first-order chi connectivity index (χ1) is 17.1. The maximum absolute atomic E-state index is 12.4. The van der Waals surface area contributed by atoms with E-state index in [0.717, 1.165) is 52.9 Å². The number of nitrogens with zero attached hydrogens (tertiary/aromatic N) is 2. The van der Waals surface area contributed by atoms with Crippen LogP contribution in [0.4, 0.5) is 0 Å². The first-order valence-electron chi connectivity index (χ1n) is 12.1. The van der Waals surface area contributed by atoms with E-state index in [1.807, 2.05) is 48.8 Å². The summed E-state index contributed by atoms with van der Waals surface area (Å²) in [5, 5.41) is 11.9. The number of carbonyl (C=O) groups is 1. The van der Waals surface area contributed by atoms with E-state index in [4.69, 9.17) is 16.6 Å². The summed E-state index contributed by atoms with van der Waals surface area (Å²) in [5.74, 6) is -0.813. The van der Waals surface area contributed by atoms with Crippen molar-refractivity contribution in [2.75, 3.05) is 13.1 Å². The number of rotatable bonds is 3. The average Bonchev–Trinajstić information content (AvgIpc) is 3.21. The van der Waals surface area contributed by atoms with E-state index < -0.39 is 12.0 Å². The molecule has 1 atom stereocenters. The summed E-state index contributed by atoms with van der Waals surface area (Å²) in [5.41, 5.74) is 9.12. The number of likely N-dealkylation sites (tertiary alicyclic amines) is 1. The number of pyridine rings is 1. The topological polar surface area (TPSA) is 69.2 Å². The molecule has 0 saturated carbocycles. The molecule has 0 spiro atoms. The Morgan fingerprint density at radius 1 is 1.00 bits per heavy atom. The first-order valence-corrected chi connectivity index (χ1v) is 12.5. The summed E-state index contributed by atoms with van der Waals surface area (Å²) in [6.07, 6.45) is 7.19. The van der Waals surface area contributed by atoms with Gasteiger partial charge in [0.05, 0.1) is 5.69 Å². The van der Waals surface area contributed by atoms with Gasteiger partial charge in [0, 0.05) is 52.5 Å². The van der Waals surface area contributed by atoms with Gasteiger partial charge in [-0.1, -0.05) is 47.5 Å². The van der Waals surface area contributed by atoms with Crippen molar-refractivity contribution in [3.63, 3.8) is 0 Å². The third kappa shape index (κ3) is 3.95. The van der Waals surface area contributed by atoms with Gasteiger partial charge in [0.15, 0.2) is 0 Å². The quantitative estimate of drug-likeness (QED) is 0.373. The zero-order valence-corrected chi connectivity index (χ0v) is 20.1. The van der Waals surface area contributed by atoms with Crippen LogP contribution in [0.25, 0.3) is 16.5 Å². The molecule has 2 aromatic carbocycles. The maximum Gasteiger partial charge on any atom is 0.325 e. The molecule has 35 heavy (non-hydrogen) atoms. The van der Waals surface area contributed by atoms with Crippen LogP contribution in [0.5, 0.6) is 0 Å². The predicted molar refractivity (Wildman–Crippen MR) is 139 cm³/mol. The molecule has 5 nitrogen and oxygen atoms in total. The Morgan fingerprint density at radius 3 is 2.63 bits per heavy atom. The fourth-order valence-corrected chi connectivity index (χ4v) is 5.94. The van der Waals surface area contributed by atoms with Gasteiger partial charge in [-0.3, -0.25) is 14.7 Å². The second-order valence-corrected chi connectivity index (χ2v) is 9.79. The molecule has 1 saturated heterocycles. The third-order valence-corrected chi connectivity index (χ3v) is 7.63. The second-order valence-electron chi connectivity index (χ2n) is 9.36. The number of benzene rings is 2. The molecule has 2 aliphatic rings. The molecule has 1 aliphatic carbocycles. The van der Waals surface area contributed by atoms with Crippen LogP contribution in [0.15, 0.2) is 72.6 Å². The highest BCUT2D eigenvalue weighted by Gasteiger charge is 2.33. The summed E-state index contributed by atoms with van der Waals surface area (Å²) < 4.78 is 0. The highest BCUT2D eigenvalue weighted by Crippen LogP contribution is 2.40. The van der Waals surface area contributed by atoms with Gasteiger partial charge in [-0.2, -0.15) is 0 Å². The normalized spacial score (nSPS) is 17.1. The van der Waals surface area contributed by atoms with E-state index in [9.17, 15) is 9.90 Å². The number of fused-ring (bicyclic) bond motifs is 3. The van der Waals surface area contributed by atoms with Crippen LogP contribution in [0.2, 0.25) is 5.02 Å². The van der Waals surface area contributed by atoms with Crippen molar-refractivity contribution in [1.82, 2.24) is 14.9 Å². The number of halogens is 1. The van der Waals surface area contributed by atoms with Crippen molar-refractivity contribution in [1.29, 1.82) is 0 Å². The second kappa shape index (κ2) is 8.99. The van der Waals surface area contributed by atoms with Gasteiger partial charge in [0.2, 0.25) is 0 Å². The number of para-hydroxylation sites is 1. The maximum atomic E-state index is 12.4. The molecule has 176 valence electrons. The zero-order chi connectivity index (χ0) is 23.9. The first kappa shape index (κ1) is 22.1. The number of aromatic nitrogens is 2. The summed E-state index contributed by atoms with van der Waals surface area (Å²) in [6, 6.07) is 17.6. The van der Waals surface area contributed by atoms with E-state index in [2.05, 4.69) is 28.1 Å². The molecule has 0 amide bonds. The summed E-state index contributed by atoms with van der Waals surface area (Å²) >= 11 is 6.35. The zero-order valence-electron chi connectivity index (χ0n) is 19.3. The van der Waals surface area contributed by atoms with E-state index in [1.54, 1.807) is 0 Å². The molecule has 0 bridgehead atoms. The molecule has 6 rings (SSSR count). The summed E-state index contributed by atoms with van der Waals surface area (Å²) in [4.78, 5) is 22.6. The van der Waals surface area contributed by atoms with E-state index in [-0.39, 0.29) is 0 Å². The van der Waals surface area contributed by atoms with Gasteiger partial charge in [0.1, 0.15) is 6.04 Å². The highest BCUT2D eigenvalue weighted by molar-refractivity contribution is 6.30. The largest absolute Gasteiger partial charge is 0.480 e. The molecule has 2 aromatic heterocycles. The average molecular weight is 484 g/mol. The Kier molecular flexibility index (Phi) is 5.67. The number of H-pyrrole nitrogens is 1. The minimum absolute atomic E-state index is 0.677. The number of piperidine rings is 1. The third-order valence-electron chi connectivity index (χ3n) is 7.40. The summed E-state index contributed by atoms with van der Waals surface area (Å²) in [6.45, 7) is 1.36. The standard InChI is InChI=1S/C29H26ClN3O2/c30-21-9-10-22-20(16-21)8-7-19-4-3-13-31-27(19)26(22)18-11-14-33(15-12-18)28(29(34)35)24-17-32-25-6-2-1-5-23(24)25/h1-6,9-10,13,16-17,28,32H,7-8,11-12,14-15H2,(H,34,35)/t28-/m1/s1. The van der Waals surface area contributed by atoms with Crippen LogP contribution >= 0.6 is 11.6 Å². The van der Waals surface area contributed by atoms with Crippen molar-refractivity contribution < 1.29 is 9.90 Å². The lowest BCUT2D eigenvalue weighted by atomic mass is 9.88. The van der Waals surface area contributed by atoms with Crippen molar-refractivity contribution in [3.8, 4) is 0 Å².